The molecule has 0 unspecified atom stereocenters. The lowest BCUT2D eigenvalue weighted by molar-refractivity contribution is -0.187. The maximum atomic E-state index is 12.0. The van der Waals surface area contributed by atoms with Crippen molar-refractivity contribution >= 4 is 30.8 Å². The van der Waals surface area contributed by atoms with Gasteiger partial charge in [0.05, 0.1) is 0 Å². The van der Waals surface area contributed by atoms with Gasteiger partial charge in [0, 0.05) is 18.8 Å². The van der Waals surface area contributed by atoms with Gasteiger partial charge in [0.15, 0.2) is 6.61 Å². The summed E-state index contributed by atoms with van der Waals surface area (Å²) in [5, 5.41) is 0. The van der Waals surface area contributed by atoms with Crippen LogP contribution in [0, 0.1) is 0 Å². The highest BCUT2D eigenvalue weighted by atomic mass is 35.5. The second-order valence-electron chi connectivity index (χ2n) is 4.82. The summed E-state index contributed by atoms with van der Waals surface area (Å²) in [6, 6.07) is 7.71. The molecule has 1 heterocycles. The number of rotatable bonds is 6. The second kappa shape index (κ2) is 10.8. The summed E-state index contributed by atoms with van der Waals surface area (Å²) < 4.78 is 45.4. The number of hydrogen-bond donors (Lipinski definition) is 1. The number of halogens is 5. The Labute approximate surface area is 159 Å². The van der Waals surface area contributed by atoms with Crippen molar-refractivity contribution in [1.29, 1.82) is 0 Å². The van der Waals surface area contributed by atoms with E-state index in [2.05, 4.69) is 14.7 Å². The molecule has 2 rings (SSSR count). The molecule has 0 spiro atoms. The molecule has 11 heteroatoms. The van der Waals surface area contributed by atoms with Crippen LogP contribution in [0.4, 0.5) is 13.2 Å². The molecule has 0 aliphatic heterocycles. The van der Waals surface area contributed by atoms with Crippen LogP contribution in [-0.2, 0) is 16.0 Å². The molecule has 0 aliphatic carbocycles. The molecule has 0 saturated carbocycles. The Bertz CT molecular complexity index is 673. The molecule has 1 aromatic carbocycles. The second-order valence-corrected chi connectivity index (χ2v) is 4.82. The summed E-state index contributed by atoms with van der Waals surface area (Å²) in [5.74, 6) is -0.588. The normalized spacial score (nSPS) is 11.5. The number of esters is 1. The van der Waals surface area contributed by atoms with E-state index < -0.39 is 24.8 Å². The van der Waals surface area contributed by atoms with Crippen molar-refractivity contribution in [2.75, 3.05) is 6.61 Å². The molecular weight excluding hydrogens is 398 g/mol. The number of benzene rings is 1. The van der Waals surface area contributed by atoms with E-state index in [0.29, 0.717) is 11.3 Å². The van der Waals surface area contributed by atoms with Crippen molar-refractivity contribution in [2.24, 2.45) is 5.73 Å². The van der Waals surface area contributed by atoms with E-state index in [1.165, 1.54) is 12.4 Å². The number of nitrogens with zero attached hydrogens (tertiary/aromatic N) is 2. The van der Waals surface area contributed by atoms with Crippen LogP contribution < -0.4 is 10.5 Å². The SMILES string of the molecule is Cl.Cl.N[C@@H](Cc1cnc(Oc2ccccc2)nc1)C(=O)OCC(F)(F)F. The van der Waals surface area contributed by atoms with Gasteiger partial charge in [-0.05, 0) is 17.7 Å². The van der Waals surface area contributed by atoms with Crippen LogP contribution in [0.5, 0.6) is 11.8 Å². The molecule has 2 N–H and O–H groups in total. The molecule has 0 aliphatic rings. The fourth-order valence-electron chi connectivity index (χ4n) is 1.69. The van der Waals surface area contributed by atoms with E-state index in [9.17, 15) is 18.0 Å². The van der Waals surface area contributed by atoms with Gasteiger partial charge >= 0.3 is 18.2 Å². The highest BCUT2D eigenvalue weighted by Crippen LogP contribution is 2.17. The van der Waals surface area contributed by atoms with Crippen LogP contribution in [-0.4, -0.2) is 34.8 Å². The van der Waals surface area contributed by atoms with Crippen LogP contribution in [0.25, 0.3) is 0 Å². The Balaban J connectivity index is 0.00000312. The average molecular weight is 414 g/mol. The van der Waals surface area contributed by atoms with Crippen LogP contribution in [0.1, 0.15) is 5.56 Å². The zero-order valence-electron chi connectivity index (χ0n) is 13.2. The molecule has 0 saturated heterocycles. The van der Waals surface area contributed by atoms with Gasteiger partial charge in [0.25, 0.3) is 0 Å². The smallest absolute Gasteiger partial charge is 0.422 e. The first-order chi connectivity index (χ1) is 11.3. The van der Waals surface area contributed by atoms with Crippen molar-refractivity contribution < 1.29 is 27.4 Å². The van der Waals surface area contributed by atoms with Crippen LogP contribution in [0.15, 0.2) is 42.7 Å². The van der Waals surface area contributed by atoms with Gasteiger partial charge in [-0.15, -0.1) is 24.8 Å². The standard InChI is InChI=1S/C15H14F3N3O3.2ClH/c16-15(17,18)9-23-13(22)12(19)6-10-7-20-14(21-8-10)24-11-4-2-1-3-5-11;;/h1-5,7-8,12H,6,9,19H2;2*1H/t12-;;/m0../s1. The quantitative estimate of drug-likeness (QED) is 0.732. The van der Waals surface area contributed by atoms with E-state index in [1.807, 2.05) is 6.07 Å². The number of alkyl halides is 3. The fraction of sp³-hybridized carbons (Fsp3) is 0.267. The Morgan fingerprint density at radius 1 is 1.12 bits per heavy atom. The zero-order valence-corrected chi connectivity index (χ0v) is 14.8. The van der Waals surface area contributed by atoms with Gasteiger partial charge in [0.1, 0.15) is 11.8 Å². The van der Waals surface area contributed by atoms with Gasteiger partial charge in [-0.25, -0.2) is 9.97 Å². The van der Waals surface area contributed by atoms with E-state index in [-0.39, 0.29) is 37.2 Å². The van der Waals surface area contributed by atoms with Crippen molar-refractivity contribution in [3.05, 3.63) is 48.3 Å². The number of ether oxygens (including phenoxy) is 2. The Kier molecular flexibility index (Phi) is 9.92. The number of carbonyl (C=O) groups excluding carboxylic acids is 1. The van der Waals surface area contributed by atoms with Crippen molar-refractivity contribution in [1.82, 2.24) is 9.97 Å². The van der Waals surface area contributed by atoms with Gasteiger partial charge < -0.3 is 15.2 Å². The molecule has 6 nitrogen and oxygen atoms in total. The average Bonchev–Trinajstić information content (AvgIpc) is 2.54. The van der Waals surface area contributed by atoms with E-state index >= 15 is 0 Å². The molecule has 0 radical (unpaired) electrons. The first kappa shape index (κ1) is 23.9. The predicted octanol–water partition coefficient (Wildman–Crippen LogP) is 3.09. The van der Waals surface area contributed by atoms with E-state index in [4.69, 9.17) is 10.5 Å². The maximum Gasteiger partial charge on any atom is 0.422 e. The lowest BCUT2D eigenvalue weighted by Crippen LogP contribution is -2.36. The zero-order chi connectivity index (χ0) is 17.6. The topological polar surface area (TPSA) is 87.3 Å². The lowest BCUT2D eigenvalue weighted by atomic mass is 10.1. The van der Waals surface area contributed by atoms with Gasteiger partial charge in [-0.3, -0.25) is 4.79 Å². The highest BCUT2D eigenvalue weighted by molar-refractivity contribution is 5.85. The molecule has 2 aromatic rings. The summed E-state index contributed by atoms with van der Waals surface area (Å²) >= 11 is 0. The first-order valence-corrected chi connectivity index (χ1v) is 6.86. The largest absolute Gasteiger partial charge is 0.455 e. The Morgan fingerprint density at radius 2 is 1.69 bits per heavy atom. The van der Waals surface area contributed by atoms with Gasteiger partial charge in [0.2, 0.25) is 0 Å². The Morgan fingerprint density at radius 3 is 2.23 bits per heavy atom. The minimum Gasteiger partial charge on any atom is -0.455 e. The predicted molar refractivity (Wildman–Crippen MR) is 91.7 cm³/mol. The summed E-state index contributed by atoms with van der Waals surface area (Å²) in [5.41, 5.74) is 5.98. The van der Waals surface area contributed by atoms with E-state index in [0.717, 1.165) is 0 Å². The summed E-state index contributed by atoms with van der Waals surface area (Å²) in [4.78, 5) is 19.3. The van der Waals surface area contributed by atoms with Crippen LogP contribution in [0.2, 0.25) is 0 Å². The molecular formula is C15H16Cl2F3N3O3. The molecule has 0 fully saturated rings. The van der Waals surface area contributed by atoms with Crippen LogP contribution in [0.3, 0.4) is 0 Å². The minimum absolute atomic E-state index is 0. The number of aromatic nitrogens is 2. The third kappa shape index (κ3) is 8.32. The first-order valence-electron chi connectivity index (χ1n) is 6.86. The van der Waals surface area contributed by atoms with Gasteiger partial charge in [-0.1, -0.05) is 18.2 Å². The maximum absolute atomic E-state index is 12.0. The minimum atomic E-state index is -4.59. The fourth-order valence-corrected chi connectivity index (χ4v) is 1.69. The molecule has 1 aromatic heterocycles. The molecule has 0 bridgehead atoms. The third-order valence-electron chi connectivity index (χ3n) is 2.77. The number of carbonyl (C=O) groups is 1. The number of para-hydroxylation sites is 1. The lowest BCUT2D eigenvalue weighted by Gasteiger charge is -2.12. The van der Waals surface area contributed by atoms with Crippen molar-refractivity contribution in [2.45, 2.75) is 18.6 Å². The summed E-state index contributed by atoms with van der Waals surface area (Å²) in [6.45, 7) is -1.67. The van der Waals surface area contributed by atoms with Crippen molar-refractivity contribution in [3.63, 3.8) is 0 Å². The number of hydrogen-bond acceptors (Lipinski definition) is 6. The molecule has 26 heavy (non-hydrogen) atoms. The monoisotopic (exact) mass is 413 g/mol. The molecule has 144 valence electrons. The van der Waals surface area contributed by atoms with Crippen molar-refractivity contribution in [3.8, 4) is 11.8 Å². The molecule has 0 amide bonds. The number of nitrogens with two attached hydrogens (primary N) is 1. The Hall–Kier alpha value is -2.10. The van der Waals surface area contributed by atoms with Crippen LogP contribution >= 0.6 is 24.8 Å². The summed E-state index contributed by atoms with van der Waals surface area (Å²) in [6.07, 6.45) is -1.89. The van der Waals surface area contributed by atoms with E-state index in [1.54, 1.807) is 24.3 Å². The third-order valence-corrected chi connectivity index (χ3v) is 2.77. The summed E-state index contributed by atoms with van der Waals surface area (Å²) in [7, 11) is 0. The van der Waals surface area contributed by atoms with Gasteiger partial charge in [-0.2, -0.15) is 13.2 Å². The highest BCUT2D eigenvalue weighted by Gasteiger charge is 2.30. The molecule has 1 atom stereocenters.